The molecule has 1 aromatic heterocycles. The maximum atomic E-state index is 11.4. The van der Waals surface area contributed by atoms with Gasteiger partial charge in [-0.3, -0.25) is 9.78 Å². The summed E-state index contributed by atoms with van der Waals surface area (Å²) in [7, 11) is 1.98. The van der Waals surface area contributed by atoms with Crippen LogP contribution in [-0.2, 0) is 6.54 Å². The molecule has 0 N–H and O–H groups in total. The van der Waals surface area contributed by atoms with Gasteiger partial charge in [-0.1, -0.05) is 17.7 Å². The number of halogens is 1. The minimum atomic E-state index is -0.0236. The molecule has 0 spiro atoms. The molecule has 0 amide bonds. The second-order valence-corrected chi connectivity index (χ2v) is 5.25. The summed E-state index contributed by atoms with van der Waals surface area (Å²) in [4.78, 5) is 17.9. The summed E-state index contributed by atoms with van der Waals surface area (Å²) in [5, 5.41) is 0.485. The first-order chi connectivity index (χ1) is 9.47. The molecular formula is C16H17ClN2O. The van der Waals surface area contributed by atoms with Crippen molar-refractivity contribution < 1.29 is 4.79 Å². The van der Waals surface area contributed by atoms with Crippen LogP contribution in [0.2, 0.25) is 5.02 Å². The third kappa shape index (κ3) is 3.36. The van der Waals surface area contributed by atoms with Crippen molar-refractivity contribution in [2.24, 2.45) is 0 Å². The summed E-state index contributed by atoms with van der Waals surface area (Å²) in [6.45, 7) is 4.18. The van der Waals surface area contributed by atoms with Crippen molar-refractivity contribution in [3.8, 4) is 0 Å². The van der Waals surface area contributed by atoms with E-state index in [1.165, 1.54) is 6.92 Å². The Labute approximate surface area is 124 Å². The van der Waals surface area contributed by atoms with Crippen molar-refractivity contribution in [1.29, 1.82) is 0 Å². The molecule has 2 rings (SSSR count). The molecule has 20 heavy (non-hydrogen) atoms. The maximum absolute atomic E-state index is 11.4. The van der Waals surface area contributed by atoms with E-state index in [1.807, 2.05) is 44.3 Å². The number of ketones is 1. The Bertz CT molecular complexity index is 640. The number of aromatic nitrogens is 1. The van der Waals surface area contributed by atoms with Gasteiger partial charge in [0.25, 0.3) is 0 Å². The first kappa shape index (κ1) is 14.5. The van der Waals surface area contributed by atoms with Gasteiger partial charge >= 0.3 is 0 Å². The standard InChI is InChI=1S/C16H17ClN2O/c1-11-5-4-6-13(18-11)10-19(3)14-7-8-15(12(2)20)16(17)9-14/h4-9H,10H2,1-3H3. The molecule has 3 nitrogen and oxygen atoms in total. The zero-order valence-corrected chi connectivity index (χ0v) is 12.6. The minimum Gasteiger partial charge on any atom is -0.369 e. The van der Waals surface area contributed by atoms with Gasteiger partial charge in [0.05, 0.1) is 17.3 Å². The second-order valence-electron chi connectivity index (χ2n) is 4.85. The van der Waals surface area contributed by atoms with Gasteiger partial charge in [-0.25, -0.2) is 0 Å². The van der Waals surface area contributed by atoms with Gasteiger partial charge in [-0.2, -0.15) is 0 Å². The average molecular weight is 289 g/mol. The predicted molar refractivity (Wildman–Crippen MR) is 82.5 cm³/mol. The molecule has 0 aliphatic rings. The fraction of sp³-hybridized carbons (Fsp3) is 0.250. The molecule has 0 aliphatic heterocycles. The SMILES string of the molecule is CC(=O)c1ccc(N(C)Cc2cccc(C)n2)cc1Cl. The number of hydrogen-bond donors (Lipinski definition) is 0. The first-order valence-electron chi connectivity index (χ1n) is 6.41. The number of benzene rings is 1. The molecule has 1 heterocycles. The molecule has 0 saturated carbocycles. The largest absolute Gasteiger partial charge is 0.369 e. The number of rotatable bonds is 4. The van der Waals surface area contributed by atoms with Gasteiger partial charge < -0.3 is 4.90 Å². The van der Waals surface area contributed by atoms with E-state index >= 15 is 0 Å². The average Bonchev–Trinajstić information content (AvgIpc) is 2.38. The molecule has 4 heteroatoms. The Morgan fingerprint density at radius 1 is 1.30 bits per heavy atom. The maximum Gasteiger partial charge on any atom is 0.161 e. The summed E-state index contributed by atoms with van der Waals surface area (Å²) in [5.74, 6) is -0.0236. The number of aryl methyl sites for hydroxylation is 1. The highest BCUT2D eigenvalue weighted by molar-refractivity contribution is 6.34. The summed E-state index contributed by atoms with van der Waals surface area (Å²) in [6, 6.07) is 11.4. The molecule has 2 aromatic rings. The fourth-order valence-electron chi connectivity index (χ4n) is 2.05. The van der Waals surface area contributed by atoms with E-state index in [0.29, 0.717) is 17.1 Å². The molecule has 0 unspecified atom stereocenters. The van der Waals surface area contributed by atoms with Crippen molar-refractivity contribution in [3.63, 3.8) is 0 Å². The Balaban J connectivity index is 2.19. The first-order valence-corrected chi connectivity index (χ1v) is 6.79. The van der Waals surface area contributed by atoms with E-state index in [-0.39, 0.29) is 5.78 Å². The van der Waals surface area contributed by atoms with Gasteiger partial charge in [0.1, 0.15) is 0 Å². The smallest absolute Gasteiger partial charge is 0.161 e. The van der Waals surface area contributed by atoms with Crippen LogP contribution in [0.25, 0.3) is 0 Å². The number of pyridine rings is 1. The third-order valence-corrected chi connectivity index (χ3v) is 3.43. The lowest BCUT2D eigenvalue weighted by Crippen LogP contribution is -2.17. The molecule has 1 aromatic carbocycles. The monoisotopic (exact) mass is 288 g/mol. The van der Waals surface area contributed by atoms with Crippen LogP contribution in [0.4, 0.5) is 5.69 Å². The number of carbonyl (C=O) groups excluding carboxylic acids is 1. The van der Waals surface area contributed by atoms with Crippen molar-refractivity contribution in [1.82, 2.24) is 4.98 Å². The number of hydrogen-bond acceptors (Lipinski definition) is 3. The van der Waals surface area contributed by atoms with E-state index in [1.54, 1.807) is 6.07 Å². The Morgan fingerprint density at radius 3 is 2.65 bits per heavy atom. The van der Waals surface area contributed by atoms with E-state index < -0.39 is 0 Å². The summed E-state index contributed by atoms with van der Waals surface area (Å²) < 4.78 is 0. The van der Waals surface area contributed by atoms with E-state index in [2.05, 4.69) is 9.88 Å². The number of Topliss-reactive ketones (excluding diaryl/α,β-unsaturated/α-hetero) is 1. The van der Waals surface area contributed by atoms with Crippen LogP contribution >= 0.6 is 11.6 Å². The lowest BCUT2D eigenvalue weighted by Gasteiger charge is -2.19. The highest BCUT2D eigenvalue weighted by atomic mass is 35.5. The zero-order valence-electron chi connectivity index (χ0n) is 11.9. The number of anilines is 1. The highest BCUT2D eigenvalue weighted by Gasteiger charge is 2.09. The van der Waals surface area contributed by atoms with Crippen molar-refractivity contribution in [2.75, 3.05) is 11.9 Å². The van der Waals surface area contributed by atoms with Gasteiger partial charge in [0, 0.05) is 24.0 Å². The lowest BCUT2D eigenvalue weighted by molar-refractivity contribution is 0.101. The molecule has 0 saturated heterocycles. The molecular weight excluding hydrogens is 272 g/mol. The van der Waals surface area contributed by atoms with Crippen LogP contribution in [0.3, 0.4) is 0 Å². The topological polar surface area (TPSA) is 33.2 Å². The van der Waals surface area contributed by atoms with Crippen LogP contribution in [0.15, 0.2) is 36.4 Å². The van der Waals surface area contributed by atoms with Gasteiger partial charge in [0.2, 0.25) is 0 Å². The Hall–Kier alpha value is -1.87. The normalized spacial score (nSPS) is 10.4. The summed E-state index contributed by atoms with van der Waals surface area (Å²) in [5.41, 5.74) is 3.51. The third-order valence-electron chi connectivity index (χ3n) is 3.12. The van der Waals surface area contributed by atoms with Crippen LogP contribution in [-0.4, -0.2) is 17.8 Å². The molecule has 0 bridgehead atoms. The quantitative estimate of drug-likeness (QED) is 0.801. The van der Waals surface area contributed by atoms with Gasteiger partial charge in [-0.15, -0.1) is 0 Å². The minimum absolute atomic E-state index is 0.0236. The molecule has 104 valence electrons. The number of nitrogens with zero attached hydrogens (tertiary/aromatic N) is 2. The molecule has 0 atom stereocenters. The number of carbonyl (C=O) groups is 1. The van der Waals surface area contributed by atoms with Crippen LogP contribution in [0.5, 0.6) is 0 Å². The van der Waals surface area contributed by atoms with Crippen molar-refractivity contribution in [3.05, 3.63) is 58.4 Å². The predicted octanol–water partition coefficient (Wildman–Crippen LogP) is 3.88. The van der Waals surface area contributed by atoms with E-state index in [4.69, 9.17) is 11.6 Å². The molecule has 0 fully saturated rings. The van der Waals surface area contributed by atoms with Crippen molar-refractivity contribution >= 4 is 23.1 Å². The van der Waals surface area contributed by atoms with Gasteiger partial charge in [0.15, 0.2) is 5.78 Å². The van der Waals surface area contributed by atoms with Crippen LogP contribution < -0.4 is 4.90 Å². The molecule has 0 aliphatic carbocycles. The summed E-state index contributed by atoms with van der Waals surface area (Å²) in [6.07, 6.45) is 0. The molecule has 0 radical (unpaired) electrons. The second kappa shape index (κ2) is 6.06. The van der Waals surface area contributed by atoms with Crippen LogP contribution in [0, 0.1) is 6.92 Å². The summed E-state index contributed by atoms with van der Waals surface area (Å²) >= 11 is 6.13. The van der Waals surface area contributed by atoms with Crippen molar-refractivity contribution in [2.45, 2.75) is 20.4 Å². The lowest BCUT2D eigenvalue weighted by atomic mass is 10.1. The Morgan fingerprint density at radius 2 is 2.05 bits per heavy atom. The van der Waals surface area contributed by atoms with E-state index in [0.717, 1.165) is 17.1 Å². The van der Waals surface area contributed by atoms with E-state index in [9.17, 15) is 4.79 Å². The van der Waals surface area contributed by atoms with Crippen LogP contribution in [0.1, 0.15) is 28.7 Å². The fourth-order valence-corrected chi connectivity index (χ4v) is 2.36. The highest BCUT2D eigenvalue weighted by Crippen LogP contribution is 2.24. The Kier molecular flexibility index (Phi) is 4.40. The zero-order chi connectivity index (χ0) is 14.7. The van der Waals surface area contributed by atoms with Gasteiger partial charge in [-0.05, 0) is 44.2 Å².